The highest BCUT2D eigenvalue weighted by Gasteiger charge is 2.12. The molecule has 2 rings (SSSR count). The fourth-order valence-electron chi connectivity index (χ4n) is 1.36. The third kappa shape index (κ3) is 2.55. The first kappa shape index (κ1) is 11.4. The zero-order valence-corrected chi connectivity index (χ0v) is 9.80. The Morgan fingerprint density at radius 1 is 1.50 bits per heavy atom. The van der Waals surface area contributed by atoms with Crippen molar-refractivity contribution in [3.8, 4) is 0 Å². The van der Waals surface area contributed by atoms with Crippen LogP contribution in [0.2, 0.25) is 5.02 Å². The summed E-state index contributed by atoms with van der Waals surface area (Å²) in [4.78, 5) is 0. The van der Waals surface area contributed by atoms with E-state index < -0.39 is 0 Å². The molecular weight excluding hydrogens is 249 g/mol. The van der Waals surface area contributed by atoms with E-state index in [0.29, 0.717) is 22.7 Å². The summed E-state index contributed by atoms with van der Waals surface area (Å²) in [6.07, 6.45) is 0.383. The quantitative estimate of drug-likeness (QED) is 0.920. The number of hydrogen-bond acceptors (Lipinski definition) is 4. The minimum atomic E-state index is -0.342. The Kier molecular flexibility index (Phi) is 3.48. The van der Waals surface area contributed by atoms with Crippen molar-refractivity contribution in [2.24, 2.45) is 5.73 Å². The van der Waals surface area contributed by atoms with Gasteiger partial charge in [0.05, 0.1) is 11.7 Å². The number of nitrogens with two attached hydrogens (primary N) is 1. The molecule has 0 saturated carbocycles. The first-order chi connectivity index (χ1) is 7.66. The fourth-order valence-corrected chi connectivity index (χ4v) is 2.04. The van der Waals surface area contributed by atoms with Crippen molar-refractivity contribution in [1.29, 1.82) is 0 Å². The minimum Gasteiger partial charge on any atom is -0.322 e. The summed E-state index contributed by atoms with van der Waals surface area (Å²) >= 11 is 6.89. The van der Waals surface area contributed by atoms with Crippen LogP contribution in [0.15, 0.2) is 23.6 Å². The molecule has 6 heteroatoms. The molecular formula is C10H9ClFN3S. The van der Waals surface area contributed by atoms with E-state index in [4.69, 9.17) is 17.3 Å². The summed E-state index contributed by atoms with van der Waals surface area (Å²) in [5.74, 6) is -0.342. The molecule has 0 aliphatic carbocycles. The van der Waals surface area contributed by atoms with E-state index >= 15 is 0 Å². The SMILES string of the molecule is NC(Cc1ccc(Cl)cc1F)c1csnn1. The molecule has 1 aromatic carbocycles. The Morgan fingerprint density at radius 2 is 2.31 bits per heavy atom. The number of nitrogens with zero attached hydrogens (tertiary/aromatic N) is 2. The van der Waals surface area contributed by atoms with Gasteiger partial charge in [0.25, 0.3) is 0 Å². The van der Waals surface area contributed by atoms with Gasteiger partial charge in [0, 0.05) is 10.4 Å². The van der Waals surface area contributed by atoms with Crippen LogP contribution in [-0.2, 0) is 6.42 Å². The zero-order valence-electron chi connectivity index (χ0n) is 8.23. The number of rotatable bonds is 3. The van der Waals surface area contributed by atoms with Gasteiger partial charge >= 0.3 is 0 Å². The normalized spacial score (nSPS) is 12.7. The van der Waals surface area contributed by atoms with Crippen LogP contribution < -0.4 is 5.73 Å². The van der Waals surface area contributed by atoms with Gasteiger partial charge in [-0.3, -0.25) is 0 Å². The lowest BCUT2D eigenvalue weighted by Gasteiger charge is -2.09. The molecule has 0 spiro atoms. The Morgan fingerprint density at radius 3 is 2.94 bits per heavy atom. The topological polar surface area (TPSA) is 51.8 Å². The molecule has 0 fully saturated rings. The van der Waals surface area contributed by atoms with Gasteiger partial charge in [0.2, 0.25) is 0 Å². The van der Waals surface area contributed by atoms with Gasteiger partial charge in [0.15, 0.2) is 0 Å². The molecule has 16 heavy (non-hydrogen) atoms. The Labute approximate surface area is 101 Å². The highest BCUT2D eigenvalue weighted by molar-refractivity contribution is 7.03. The summed E-state index contributed by atoms with van der Waals surface area (Å²) in [5, 5.41) is 6.00. The van der Waals surface area contributed by atoms with E-state index in [9.17, 15) is 4.39 Å². The maximum Gasteiger partial charge on any atom is 0.127 e. The summed E-state index contributed by atoms with van der Waals surface area (Å²) < 4.78 is 17.2. The Balaban J connectivity index is 2.15. The van der Waals surface area contributed by atoms with Gasteiger partial charge in [-0.25, -0.2) is 4.39 Å². The van der Waals surface area contributed by atoms with Crippen molar-refractivity contribution in [2.45, 2.75) is 12.5 Å². The second kappa shape index (κ2) is 4.86. The van der Waals surface area contributed by atoms with Gasteiger partial charge in [0.1, 0.15) is 5.82 Å². The van der Waals surface area contributed by atoms with Crippen LogP contribution in [0.4, 0.5) is 4.39 Å². The van der Waals surface area contributed by atoms with E-state index in [0.717, 1.165) is 0 Å². The predicted molar refractivity (Wildman–Crippen MR) is 62.0 cm³/mol. The van der Waals surface area contributed by atoms with Gasteiger partial charge in [-0.2, -0.15) is 0 Å². The monoisotopic (exact) mass is 257 g/mol. The largest absolute Gasteiger partial charge is 0.322 e. The van der Waals surface area contributed by atoms with Gasteiger partial charge in [-0.05, 0) is 35.6 Å². The Hall–Kier alpha value is -1.04. The number of halogens is 2. The van der Waals surface area contributed by atoms with Crippen molar-refractivity contribution in [1.82, 2.24) is 9.59 Å². The molecule has 1 heterocycles. The molecule has 2 aromatic rings. The molecule has 1 aromatic heterocycles. The standard InChI is InChI=1S/C10H9ClFN3S/c11-7-2-1-6(8(12)4-7)3-9(13)10-5-16-15-14-10/h1-2,4-5,9H,3,13H2. The van der Waals surface area contributed by atoms with Crippen LogP contribution in [0.5, 0.6) is 0 Å². The first-order valence-electron chi connectivity index (χ1n) is 4.63. The fraction of sp³-hybridized carbons (Fsp3) is 0.200. The molecule has 0 bridgehead atoms. The molecule has 0 aliphatic rings. The molecule has 1 unspecified atom stereocenters. The maximum absolute atomic E-state index is 13.5. The summed E-state index contributed by atoms with van der Waals surface area (Å²) in [7, 11) is 0. The zero-order chi connectivity index (χ0) is 11.5. The van der Waals surface area contributed by atoms with Crippen LogP contribution in [-0.4, -0.2) is 9.59 Å². The summed E-state index contributed by atoms with van der Waals surface area (Å²) in [6, 6.07) is 4.22. The van der Waals surface area contributed by atoms with Crippen LogP contribution in [0.3, 0.4) is 0 Å². The van der Waals surface area contributed by atoms with Crippen LogP contribution >= 0.6 is 23.1 Å². The van der Waals surface area contributed by atoms with E-state index in [1.165, 1.54) is 17.6 Å². The second-order valence-corrected chi connectivity index (χ2v) is 4.42. The molecule has 2 N–H and O–H groups in total. The number of aromatic nitrogens is 2. The minimum absolute atomic E-state index is 0.338. The number of hydrogen-bond donors (Lipinski definition) is 1. The average molecular weight is 258 g/mol. The lowest BCUT2D eigenvalue weighted by Crippen LogP contribution is -2.14. The average Bonchev–Trinajstić information content (AvgIpc) is 2.75. The van der Waals surface area contributed by atoms with Crippen molar-refractivity contribution >= 4 is 23.1 Å². The highest BCUT2D eigenvalue weighted by atomic mass is 35.5. The van der Waals surface area contributed by atoms with Gasteiger partial charge in [-0.1, -0.05) is 22.2 Å². The lowest BCUT2D eigenvalue weighted by molar-refractivity contribution is 0.589. The highest BCUT2D eigenvalue weighted by Crippen LogP contribution is 2.20. The molecule has 84 valence electrons. The lowest BCUT2D eigenvalue weighted by atomic mass is 10.0. The van der Waals surface area contributed by atoms with E-state index in [1.807, 2.05) is 0 Å². The van der Waals surface area contributed by atoms with E-state index in [-0.39, 0.29) is 11.9 Å². The van der Waals surface area contributed by atoms with Gasteiger partial charge < -0.3 is 5.73 Å². The van der Waals surface area contributed by atoms with Crippen molar-refractivity contribution < 1.29 is 4.39 Å². The summed E-state index contributed by atoms with van der Waals surface area (Å²) in [5.41, 5.74) is 7.10. The van der Waals surface area contributed by atoms with Crippen LogP contribution in [0.25, 0.3) is 0 Å². The molecule has 0 amide bonds. The molecule has 0 saturated heterocycles. The number of benzene rings is 1. The van der Waals surface area contributed by atoms with E-state index in [1.54, 1.807) is 17.5 Å². The van der Waals surface area contributed by atoms with E-state index in [2.05, 4.69) is 9.59 Å². The van der Waals surface area contributed by atoms with Crippen molar-refractivity contribution in [2.75, 3.05) is 0 Å². The predicted octanol–water partition coefficient (Wildman–Crippen LogP) is 2.57. The maximum atomic E-state index is 13.5. The smallest absolute Gasteiger partial charge is 0.127 e. The third-order valence-corrected chi connectivity index (χ3v) is 2.97. The van der Waals surface area contributed by atoms with Crippen LogP contribution in [0.1, 0.15) is 17.3 Å². The Bertz CT molecular complexity index is 475. The molecule has 0 aliphatic heterocycles. The molecule has 3 nitrogen and oxygen atoms in total. The third-order valence-electron chi connectivity index (χ3n) is 2.21. The van der Waals surface area contributed by atoms with Crippen molar-refractivity contribution in [3.05, 3.63) is 45.7 Å². The van der Waals surface area contributed by atoms with Crippen LogP contribution in [0, 0.1) is 5.82 Å². The second-order valence-electron chi connectivity index (χ2n) is 3.38. The van der Waals surface area contributed by atoms with Crippen molar-refractivity contribution in [3.63, 3.8) is 0 Å². The van der Waals surface area contributed by atoms with Gasteiger partial charge in [-0.15, -0.1) is 5.10 Å². The summed E-state index contributed by atoms with van der Waals surface area (Å²) in [6.45, 7) is 0. The molecule has 1 atom stereocenters. The molecule has 0 radical (unpaired) electrons. The first-order valence-corrected chi connectivity index (χ1v) is 5.84.